The summed E-state index contributed by atoms with van der Waals surface area (Å²) in [6.07, 6.45) is -0.0300. The fourth-order valence-electron chi connectivity index (χ4n) is 1.96. The molecule has 0 fully saturated rings. The molecule has 0 spiro atoms. The number of hydrogen-bond donors (Lipinski definition) is 1. The quantitative estimate of drug-likeness (QED) is 0.877. The lowest BCUT2D eigenvalue weighted by Crippen LogP contribution is -2.41. The number of aliphatic hydroxyl groups is 1. The third kappa shape index (κ3) is 3.33. The second kappa shape index (κ2) is 6.17. The molecule has 5 heteroatoms. The summed E-state index contributed by atoms with van der Waals surface area (Å²) in [6, 6.07) is 0. The van der Waals surface area contributed by atoms with Crippen LogP contribution in [0.15, 0.2) is 4.47 Å². The van der Waals surface area contributed by atoms with Gasteiger partial charge in [-0.2, -0.15) is 5.10 Å². The van der Waals surface area contributed by atoms with Gasteiger partial charge >= 0.3 is 0 Å². The van der Waals surface area contributed by atoms with E-state index in [2.05, 4.69) is 21.0 Å². The Hall–Kier alpha value is -0.390. The molecular weight excluding hydrogens is 296 g/mol. The summed E-state index contributed by atoms with van der Waals surface area (Å²) in [5.41, 5.74) is 1.42. The molecule has 1 heterocycles. The van der Waals surface area contributed by atoms with Gasteiger partial charge in [-0.15, -0.1) is 0 Å². The number of nitrogens with zero attached hydrogens (tertiary/aromatic N) is 2. The molecule has 104 valence electrons. The zero-order valence-corrected chi connectivity index (χ0v) is 13.4. The Balaban J connectivity index is 2.90. The van der Waals surface area contributed by atoms with Crippen LogP contribution in [0.5, 0.6) is 0 Å². The van der Waals surface area contributed by atoms with Gasteiger partial charge in [0, 0.05) is 19.6 Å². The van der Waals surface area contributed by atoms with E-state index in [0.29, 0.717) is 13.0 Å². The van der Waals surface area contributed by atoms with Gasteiger partial charge in [0.2, 0.25) is 0 Å². The van der Waals surface area contributed by atoms with Gasteiger partial charge in [0.25, 0.3) is 0 Å². The average Bonchev–Trinajstić information content (AvgIpc) is 2.56. The monoisotopic (exact) mass is 318 g/mol. The molecule has 0 aliphatic heterocycles. The highest BCUT2D eigenvalue weighted by molar-refractivity contribution is 9.10. The minimum absolute atomic E-state index is 0.530. The Kier molecular flexibility index (Phi) is 5.37. The molecule has 0 radical (unpaired) electrons. The van der Waals surface area contributed by atoms with Gasteiger partial charge in [-0.05, 0) is 50.5 Å². The van der Waals surface area contributed by atoms with E-state index >= 15 is 0 Å². The number of aromatic nitrogens is 2. The lowest BCUT2D eigenvalue weighted by molar-refractivity contribution is -0.0961. The predicted octanol–water partition coefficient (Wildman–Crippen LogP) is 2.69. The number of aliphatic hydroxyl groups excluding tert-OH is 1. The first kappa shape index (κ1) is 15.7. The molecule has 4 nitrogen and oxygen atoms in total. The summed E-state index contributed by atoms with van der Waals surface area (Å²) < 4.78 is 8.49. The first-order valence-electron chi connectivity index (χ1n) is 6.37. The molecule has 1 rings (SSSR count). The third-order valence-electron chi connectivity index (χ3n) is 3.16. The van der Waals surface area contributed by atoms with Crippen molar-refractivity contribution in [3.05, 3.63) is 15.9 Å². The van der Waals surface area contributed by atoms with E-state index in [1.165, 1.54) is 0 Å². The summed E-state index contributed by atoms with van der Waals surface area (Å²) in [6.45, 7) is 11.1. The van der Waals surface area contributed by atoms with Crippen LogP contribution in [0.2, 0.25) is 0 Å². The van der Waals surface area contributed by atoms with E-state index in [4.69, 9.17) is 4.74 Å². The van der Waals surface area contributed by atoms with E-state index in [1.54, 1.807) is 0 Å². The number of halogens is 1. The lowest BCUT2D eigenvalue weighted by atomic mass is 9.97. The fraction of sp³-hybridized carbons (Fsp3) is 0.769. The van der Waals surface area contributed by atoms with Crippen LogP contribution in [0.3, 0.4) is 0 Å². The van der Waals surface area contributed by atoms with Gasteiger partial charge in [-0.3, -0.25) is 4.68 Å². The average molecular weight is 319 g/mol. The van der Waals surface area contributed by atoms with Crippen LogP contribution in [0, 0.1) is 6.92 Å². The summed E-state index contributed by atoms with van der Waals surface area (Å²) >= 11 is 3.54. The second-order valence-corrected chi connectivity index (χ2v) is 5.71. The highest BCUT2D eigenvalue weighted by Gasteiger charge is 2.30. The lowest BCUT2D eigenvalue weighted by Gasteiger charge is -2.30. The molecule has 0 bridgehead atoms. The molecular formula is C13H23BrN2O2. The van der Waals surface area contributed by atoms with E-state index in [1.807, 2.05) is 39.3 Å². The summed E-state index contributed by atoms with van der Waals surface area (Å²) in [4.78, 5) is 0. The molecule has 18 heavy (non-hydrogen) atoms. The Morgan fingerprint density at radius 2 is 2.06 bits per heavy atom. The van der Waals surface area contributed by atoms with Crippen LogP contribution < -0.4 is 0 Å². The van der Waals surface area contributed by atoms with Crippen molar-refractivity contribution >= 4 is 15.9 Å². The Morgan fingerprint density at radius 3 is 2.56 bits per heavy atom. The molecule has 0 saturated heterocycles. The summed E-state index contributed by atoms with van der Waals surface area (Å²) in [5, 5.41) is 14.8. The smallest absolute Gasteiger partial charge is 0.0887 e. The van der Waals surface area contributed by atoms with Crippen LogP contribution >= 0.6 is 15.9 Å². The van der Waals surface area contributed by atoms with Crippen molar-refractivity contribution in [3.63, 3.8) is 0 Å². The number of ether oxygens (including phenoxy) is 1. The Labute approximate surface area is 117 Å². The highest BCUT2D eigenvalue weighted by Crippen LogP contribution is 2.26. The maximum absolute atomic E-state index is 10.3. The van der Waals surface area contributed by atoms with Crippen molar-refractivity contribution in [2.75, 3.05) is 6.61 Å². The first-order chi connectivity index (χ1) is 8.33. The fourth-order valence-corrected chi connectivity index (χ4v) is 2.41. The van der Waals surface area contributed by atoms with Gasteiger partial charge in [0.05, 0.1) is 27.6 Å². The number of aryl methyl sites for hydroxylation is 2. The van der Waals surface area contributed by atoms with E-state index in [9.17, 15) is 5.11 Å². The van der Waals surface area contributed by atoms with Crippen molar-refractivity contribution < 1.29 is 9.84 Å². The first-order valence-corrected chi connectivity index (χ1v) is 7.16. The molecule has 1 atom stereocenters. The van der Waals surface area contributed by atoms with Gasteiger partial charge in [-0.25, -0.2) is 0 Å². The highest BCUT2D eigenvalue weighted by atomic mass is 79.9. The standard InChI is InChI=1S/C13H23BrN2O2/c1-6-16-10(12(14)9(3)15-16)8-11(17)13(4,5)18-7-2/h11,17H,6-8H2,1-5H3. The van der Waals surface area contributed by atoms with Gasteiger partial charge < -0.3 is 9.84 Å². The van der Waals surface area contributed by atoms with Crippen LogP contribution in [0.25, 0.3) is 0 Å². The molecule has 0 amide bonds. The third-order valence-corrected chi connectivity index (χ3v) is 4.19. The van der Waals surface area contributed by atoms with Crippen molar-refractivity contribution in [1.29, 1.82) is 0 Å². The largest absolute Gasteiger partial charge is 0.390 e. The Bertz CT molecular complexity index is 402. The molecule has 0 aliphatic rings. The van der Waals surface area contributed by atoms with Crippen molar-refractivity contribution in [2.45, 2.75) is 59.3 Å². The van der Waals surface area contributed by atoms with Gasteiger partial charge in [-0.1, -0.05) is 0 Å². The molecule has 0 saturated carbocycles. The van der Waals surface area contributed by atoms with E-state index in [0.717, 1.165) is 22.4 Å². The zero-order valence-electron chi connectivity index (χ0n) is 11.8. The molecule has 1 unspecified atom stereocenters. The summed E-state index contributed by atoms with van der Waals surface area (Å²) in [7, 11) is 0. The van der Waals surface area contributed by atoms with Crippen LogP contribution in [0.4, 0.5) is 0 Å². The molecule has 1 aromatic heterocycles. The van der Waals surface area contributed by atoms with Crippen LogP contribution in [0.1, 0.15) is 39.1 Å². The zero-order chi connectivity index (χ0) is 13.9. The molecule has 0 aromatic carbocycles. The predicted molar refractivity (Wildman–Crippen MR) is 75.8 cm³/mol. The number of rotatable bonds is 6. The SMILES string of the molecule is CCOC(C)(C)C(O)Cc1c(Br)c(C)nn1CC. The minimum Gasteiger partial charge on any atom is -0.390 e. The number of hydrogen-bond acceptors (Lipinski definition) is 3. The maximum atomic E-state index is 10.3. The van der Waals surface area contributed by atoms with E-state index < -0.39 is 11.7 Å². The maximum Gasteiger partial charge on any atom is 0.0887 e. The topological polar surface area (TPSA) is 47.3 Å². The van der Waals surface area contributed by atoms with Gasteiger partial charge in [0.1, 0.15) is 0 Å². The van der Waals surface area contributed by atoms with Crippen molar-refractivity contribution in [2.24, 2.45) is 0 Å². The van der Waals surface area contributed by atoms with Crippen molar-refractivity contribution in [1.82, 2.24) is 9.78 Å². The van der Waals surface area contributed by atoms with Crippen LogP contribution in [-0.2, 0) is 17.7 Å². The summed E-state index contributed by atoms with van der Waals surface area (Å²) in [5.74, 6) is 0. The van der Waals surface area contributed by atoms with Gasteiger partial charge in [0.15, 0.2) is 0 Å². The Morgan fingerprint density at radius 1 is 1.44 bits per heavy atom. The minimum atomic E-state index is -0.560. The second-order valence-electron chi connectivity index (χ2n) is 4.92. The molecule has 1 N–H and O–H groups in total. The van der Waals surface area contributed by atoms with Crippen LogP contribution in [-0.4, -0.2) is 33.2 Å². The normalized spacial score (nSPS) is 13.9. The molecule has 0 aliphatic carbocycles. The molecule has 1 aromatic rings. The van der Waals surface area contributed by atoms with Crippen molar-refractivity contribution in [3.8, 4) is 0 Å². The van der Waals surface area contributed by atoms with E-state index in [-0.39, 0.29) is 0 Å².